The maximum absolute atomic E-state index is 13.1. The van der Waals surface area contributed by atoms with Crippen LogP contribution in [0.1, 0.15) is 25.8 Å². The van der Waals surface area contributed by atoms with Crippen molar-refractivity contribution in [1.82, 2.24) is 10.2 Å². The van der Waals surface area contributed by atoms with Crippen LogP contribution in [0.5, 0.6) is 0 Å². The van der Waals surface area contributed by atoms with Gasteiger partial charge in [0.2, 0.25) is 5.91 Å². The van der Waals surface area contributed by atoms with Gasteiger partial charge in [0.1, 0.15) is 5.82 Å². The minimum atomic E-state index is -0.251. The summed E-state index contributed by atoms with van der Waals surface area (Å²) >= 11 is 0. The number of nitrogens with zero attached hydrogens (tertiary/aromatic N) is 1. The first-order valence-corrected chi connectivity index (χ1v) is 6.59. The molecule has 0 aliphatic rings. The fourth-order valence-corrected chi connectivity index (χ4v) is 1.94. The molecule has 3 nitrogen and oxygen atoms in total. The third-order valence-electron chi connectivity index (χ3n) is 2.89. The van der Waals surface area contributed by atoms with Crippen LogP contribution in [0.25, 0.3) is 0 Å². The van der Waals surface area contributed by atoms with Crippen molar-refractivity contribution in [2.24, 2.45) is 5.92 Å². The molecule has 4 heteroatoms. The minimum Gasteiger partial charge on any atom is -0.347 e. The van der Waals surface area contributed by atoms with Gasteiger partial charge >= 0.3 is 0 Å². The molecule has 1 rings (SSSR count). The molecule has 0 fully saturated rings. The second-order valence-electron chi connectivity index (χ2n) is 5.43. The number of carbonyl (C=O) groups is 1. The Bertz CT molecular complexity index is 418. The Kier molecular flexibility index (Phi) is 5.96. The molecule has 106 valence electrons. The van der Waals surface area contributed by atoms with Crippen LogP contribution in [0.2, 0.25) is 0 Å². The lowest BCUT2D eigenvalue weighted by molar-refractivity contribution is -0.131. The molecule has 19 heavy (non-hydrogen) atoms. The summed E-state index contributed by atoms with van der Waals surface area (Å²) in [6.45, 7) is 4.66. The van der Waals surface area contributed by atoms with E-state index in [9.17, 15) is 9.18 Å². The van der Waals surface area contributed by atoms with E-state index in [2.05, 4.69) is 19.2 Å². The molecule has 0 aliphatic carbocycles. The van der Waals surface area contributed by atoms with Crippen LogP contribution in [0.4, 0.5) is 4.39 Å². The molecule has 0 aliphatic heterocycles. The zero-order valence-corrected chi connectivity index (χ0v) is 12.1. The van der Waals surface area contributed by atoms with Crippen molar-refractivity contribution in [3.05, 3.63) is 35.6 Å². The quantitative estimate of drug-likeness (QED) is 0.857. The summed E-state index contributed by atoms with van der Waals surface area (Å²) in [6, 6.07) is 6.21. The van der Waals surface area contributed by atoms with Gasteiger partial charge in [-0.2, -0.15) is 0 Å². The first-order chi connectivity index (χ1) is 8.90. The second kappa shape index (κ2) is 7.24. The molecule has 1 unspecified atom stereocenters. The van der Waals surface area contributed by atoms with E-state index in [1.807, 2.05) is 6.07 Å². The Balaban J connectivity index is 2.65. The maximum atomic E-state index is 13.1. The van der Waals surface area contributed by atoms with Crippen LogP contribution in [-0.2, 0) is 11.3 Å². The molecular formula is C15H23FN2O. The van der Waals surface area contributed by atoms with Gasteiger partial charge in [0.15, 0.2) is 0 Å². The van der Waals surface area contributed by atoms with E-state index in [1.165, 1.54) is 12.1 Å². The third kappa shape index (κ3) is 5.39. The molecule has 0 spiro atoms. The van der Waals surface area contributed by atoms with Gasteiger partial charge in [0, 0.05) is 20.6 Å². The number of rotatable bonds is 6. The second-order valence-corrected chi connectivity index (χ2v) is 5.43. The van der Waals surface area contributed by atoms with E-state index in [0.717, 1.165) is 12.0 Å². The number of likely N-dealkylation sites (N-methyl/N-ethyl adjacent to an activating group) is 1. The van der Waals surface area contributed by atoms with Crippen molar-refractivity contribution in [3.63, 3.8) is 0 Å². The minimum absolute atomic E-state index is 0.0603. The van der Waals surface area contributed by atoms with Crippen molar-refractivity contribution in [2.75, 3.05) is 14.1 Å². The molecule has 1 aromatic rings. The number of amides is 1. The zero-order chi connectivity index (χ0) is 14.4. The normalized spacial score (nSPS) is 12.5. The number of hydrogen-bond acceptors (Lipinski definition) is 2. The van der Waals surface area contributed by atoms with Gasteiger partial charge in [0.05, 0.1) is 6.04 Å². The summed E-state index contributed by atoms with van der Waals surface area (Å²) in [5, 5.41) is 3.22. The molecule has 0 bridgehead atoms. The average Bonchev–Trinajstić information content (AvgIpc) is 2.33. The van der Waals surface area contributed by atoms with Crippen LogP contribution >= 0.6 is 0 Å². The molecule has 1 amide bonds. The highest BCUT2D eigenvalue weighted by molar-refractivity contribution is 5.81. The summed E-state index contributed by atoms with van der Waals surface area (Å²) in [6.07, 6.45) is 0.770. The molecule has 0 radical (unpaired) electrons. The van der Waals surface area contributed by atoms with Gasteiger partial charge in [-0.25, -0.2) is 4.39 Å². The van der Waals surface area contributed by atoms with E-state index in [4.69, 9.17) is 0 Å². The number of benzene rings is 1. The predicted octanol–water partition coefficient (Wildman–Crippen LogP) is 2.42. The Morgan fingerprint density at radius 3 is 2.58 bits per heavy atom. The first kappa shape index (κ1) is 15.6. The number of hydrogen-bond donors (Lipinski definition) is 1. The van der Waals surface area contributed by atoms with Crippen LogP contribution in [0.3, 0.4) is 0 Å². The van der Waals surface area contributed by atoms with Crippen molar-refractivity contribution in [3.8, 4) is 0 Å². The van der Waals surface area contributed by atoms with E-state index in [1.54, 1.807) is 25.1 Å². The molecule has 0 heterocycles. The standard InChI is InChI=1S/C15H23FN2O/c1-11(2)8-14(15(19)18(3)4)17-10-12-6-5-7-13(16)9-12/h5-7,9,11,14,17H,8,10H2,1-4H3. The van der Waals surface area contributed by atoms with Gasteiger partial charge in [-0.1, -0.05) is 26.0 Å². The largest absolute Gasteiger partial charge is 0.347 e. The summed E-state index contributed by atoms with van der Waals surface area (Å²) in [4.78, 5) is 13.6. The Hall–Kier alpha value is -1.42. The zero-order valence-electron chi connectivity index (χ0n) is 12.1. The lowest BCUT2D eigenvalue weighted by Gasteiger charge is -2.23. The van der Waals surface area contributed by atoms with Gasteiger partial charge in [-0.05, 0) is 30.0 Å². The molecular weight excluding hydrogens is 243 g/mol. The van der Waals surface area contributed by atoms with E-state index >= 15 is 0 Å². The Morgan fingerprint density at radius 2 is 2.05 bits per heavy atom. The van der Waals surface area contributed by atoms with Gasteiger partial charge < -0.3 is 10.2 Å². The maximum Gasteiger partial charge on any atom is 0.239 e. The fourth-order valence-electron chi connectivity index (χ4n) is 1.94. The van der Waals surface area contributed by atoms with Crippen molar-refractivity contribution >= 4 is 5.91 Å². The summed E-state index contributed by atoms with van der Waals surface area (Å²) in [7, 11) is 3.50. The van der Waals surface area contributed by atoms with Gasteiger partial charge in [-0.15, -0.1) is 0 Å². The molecule has 1 aromatic carbocycles. The Labute approximate surface area is 114 Å². The van der Waals surface area contributed by atoms with Crippen molar-refractivity contribution < 1.29 is 9.18 Å². The fraction of sp³-hybridized carbons (Fsp3) is 0.533. The first-order valence-electron chi connectivity index (χ1n) is 6.59. The third-order valence-corrected chi connectivity index (χ3v) is 2.89. The van der Waals surface area contributed by atoms with Crippen LogP contribution in [0, 0.1) is 11.7 Å². The van der Waals surface area contributed by atoms with Crippen LogP contribution < -0.4 is 5.32 Å². The predicted molar refractivity (Wildman–Crippen MR) is 75.2 cm³/mol. The summed E-state index contributed by atoms with van der Waals surface area (Å²) in [5.74, 6) is 0.234. The highest BCUT2D eigenvalue weighted by atomic mass is 19.1. The van der Waals surface area contributed by atoms with E-state index in [-0.39, 0.29) is 17.8 Å². The molecule has 1 atom stereocenters. The van der Waals surface area contributed by atoms with Gasteiger partial charge in [-0.3, -0.25) is 4.79 Å². The van der Waals surface area contributed by atoms with Crippen molar-refractivity contribution in [2.45, 2.75) is 32.9 Å². The lowest BCUT2D eigenvalue weighted by atomic mass is 10.0. The highest BCUT2D eigenvalue weighted by Crippen LogP contribution is 2.09. The van der Waals surface area contributed by atoms with E-state index in [0.29, 0.717) is 12.5 Å². The number of nitrogens with one attached hydrogen (secondary N) is 1. The topological polar surface area (TPSA) is 32.3 Å². The average molecular weight is 266 g/mol. The molecule has 0 saturated carbocycles. The number of carbonyl (C=O) groups excluding carboxylic acids is 1. The molecule has 0 saturated heterocycles. The molecule has 0 aromatic heterocycles. The van der Waals surface area contributed by atoms with Gasteiger partial charge in [0.25, 0.3) is 0 Å². The smallest absolute Gasteiger partial charge is 0.239 e. The van der Waals surface area contributed by atoms with Crippen LogP contribution in [-0.4, -0.2) is 30.9 Å². The van der Waals surface area contributed by atoms with E-state index < -0.39 is 0 Å². The van der Waals surface area contributed by atoms with Crippen molar-refractivity contribution in [1.29, 1.82) is 0 Å². The summed E-state index contributed by atoms with van der Waals surface area (Å²) < 4.78 is 13.1. The summed E-state index contributed by atoms with van der Waals surface area (Å²) in [5.41, 5.74) is 0.848. The lowest BCUT2D eigenvalue weighted by Crippen LogP contribution is -2.44. The molecule has 1 N–H and O–H groups in total. The Morgan fingerprint density at radius 1 is 1.37 bits per heavy atom. The SMILES string of the molecule is CC(C)CC(NCc1cccc(F)c1)C(=O)N(C)C. The highest BCUT2D eigenvalue weighted by Gasteiger charge is 2.20. The van der Waals surface area contributed by atoms with Crippen LogP contribution in [0.15, 0.2) is 24.3 Å². The monoisotopic (exact) mass is 266 g/mol. The number of halogens is 1.